The van der Waals surface area contributed by atoms with Gasteiger partial charge in [-0.3, -0.25) is 0 Å². The minimum absolute atomic E-state index is 0.508. The van der Waals surface area contributed by atoms with Gasteiger partial charge in [-0.2, -0.15) is 0 Å². The van der Waals surface area contributed by atoms with Gasteiger partial charge in [0.25, 0.3) is 0 Å². The number of nitrogens with zero attached hydrogens (tertiary/aromatic N) is 2. The molecule has 0 aromatic heterocycles. The van der Waals surface area contributed by atoms with Crippen molar-refractivity contribution in [1.29, 1.82) is 0 Å². The summed E-state index contributed by atoms with van der Waals surface area (Å²) in [5, 5.41) is 19.6. The van der Waals surface area contributed by atoms with Crippen LogP contribution >= 0.6 is 0 Å². The van der Waals surface area contributed by atoms with Crippen molar-refractivity contribution in [2.75, 3.05) is 6.54 Å². The van der Waals surface area contributed by atoms with E-state index in [0.29, 0.717) is 13.0 Å². The van der Waals surface area contributed by atoms with Gasteiger partial charge in [0.2, 0.25) is 0 Å². The summed E-state index contributed by atoms with van der Waals surface area (Å²) in [5.41, 5.74) is 0. The Bertz CT molecular complexity index is 181. The third kappa shape index (κ3) is 1.60. The van der Waals surface area contributed by atoms with E-state index in [1.54, 1.807) is 0 Å². The zero-order valence-electron chi connectivity index (χ0n) is 5.97. The number of aliphatic carboxylic acids is 1. The minimum atomic E-state index is -0.859. The summed E-state index contributed by atoms with van der Waals surface area (Å²) in [4.78, 5) is 12.0. The molecule has 0 radical (unpaired) electrons. The van der Waals surface area contributed by atoms with Gasteiger partial charge in [-0.15, -0.1) is 0 Å². The molecule has 5 heteroatoms. The fourth-order valence-corrected chi connectivity index (χ4v) is 1.26. The standard InChI is InChI=1S/C6H10N2O3/c9-6(10)5-2-1-3-8(5)4-7-11/h4-5,11H,1-3H2,(H,9,10). The highest BCUT2D eigenvalue weighted by Crippen LogP contribution is 2.14. The summed E-state index contributed by atoms with van der Waals surface area (Å²) in [6.07, 6.45) is 2.62. The molecule has 0 amide bonds. The van der Waals surface area contributed by atoms with Crippen LogP contribution in [0.15, 0.2) is 5.16 Å². The first-order valence-corrected chi connectivity index (χ1v) is 3.42. The number of hydrogen-bond acceptors (Lipinski definition) is 3. The summed E-state index contributed by atoms with van der Waals surface area (Å²) in [6.45, 7) is 0.654. The molecule has 1 fully saturated rings. The SMILES string of the molecule is O=C(O)C1CCCN1C=NO. The van der Waals surface area contributed by atoms with E-state index in [2.05, 4.69) is 5.16 Å². The number of oxime groups is 1. The van der Waals surface area contributed by atoms with E-state index in [1.807, 2.05) is 0 Å². The van der Waals surface area contributed by atoms with Gasteiger partial charge in [0.05, 0.1) is 0 Å². The lowest BCUT2D eigenvalue weighted by Crippen LogP contribution is -2.34. The molecule has 0 saturated carbocycles. The number of likely N-dealkylation sites (tertiary alicyclic amines) is 1. The number of carbonyl (C=O) groups is 1. The van der Waals surface area contributed by atoms with Gasteiger partial charge in [0.1, 0.15) is 12.4 Å². The lowest BCUT2D eigenvalue weighted by atomic mass is 10.2. The van der Waals surface area contributed by atoms with Crippen LogP contribution in [-0.4, -0.2) is 40.1 Å². The minimum Gasteiger partial charge on any atom is -0.480 e. The summed E-state index contributed by atoms with van der Waals surface area (Å²) < 4.78 is 0. The highest BCUT2D eigenvalue weighted by atomic mass is 16.4. The van der Waals surface area contributed by atoms with Crippen molar-refractivity contribution < 1.29 is 15.1 Å². The van der Waals surface area contributed by atoms with Crippen LogP contribution in [0, 0.1) is 0 Å². The van der Waals surface area contributed by atoms with Gasteiger partial charge in [-0.05, 0) is 12.8 Å². The van der Waals surface area contributed by atoms with Crippen LogP contribution in [0.1, 0.15) is 12.8 Å². The number of carboxylic acid groups (broad SMARTS) is 1. The van der Waals surface area contributed by atoms with Gasteiger partial charge in [-0.1, -0.05) is 5.16 Å². The van der Waals surface area contributed by atoms with Crippen LogP contribution < -0.4 is 0 Å². The Morgan fingerprint density at radius 3 is 3.00 bits per heavy atom. The first-order chi connectivity index (χ1) is 5.25. The summed E-state index contributed by atoms with van der Waals surface area (Å²) in [6, 6.07) is -0.508. The van der Waals surface area contributed by atoms with Crippen LogP contribution in [-0.2, 0) is 4.79 Å². The van der Waals surface area contributed by atoms with E-state index < -0.39 is 12.0 Å². The maximum atomic E-state index is 10.5. The number of hydrogen-bond donors (Lipinski definition) is 2. The molecule has 0 aromatic rings. The quantitative estimate of drug-likeness (QED) is 0.256. The molecule has 1 unspecified atom stereocenters. The fraction of sp³-hybridized carbons (Fsp3) is 0.667. The highest BCUT2D eigenvalue weighted by Gasteiger charge is 2.28. The molecule has 5 nitrogen and oxygen atoms in total. The lowest BCUT2D eigenvalue weighted by Gasteiger charge is -2.15. The Balaban J connectivity index is 2.57. The smallest absolute Gasteiger partial charge is 0.326 e. The topological polar surface area (TPSA) is 73.1 Å². The van der Waals surface area contributed by atoms with E-state index in [1.165, 1.54) is 4.90 Å². The fourth-order valence-electron chi connectivity index (χ4n) is 1.26. The maximum absolute atomic E-state index is 10.5. The average molecular weight is 158 g/mol. The molecular weight excluding hydrogens is 148 g/mol. The molecule has 2 N–H and O–H groups in total. The molecule has 0 spiro atoms. The van der Waals surface area contributed by atoms with E-state index in [9.17, 15) is 4.79 Å². The zero-order chi connectivity index (χ0) is 8.27. The molecule has 1 saturated heterocycles. The van der Waals surface area contributed by atoms with Crippen molar-refractivity contribution in [3.63, 3.8) is 0 Å². The van der Waals surface area contributed by atoms with Crippen molar-refractivity contribution in [3.05, 3.63) is 0 Å². The van der Waals surface area contributed by atoms with Crippen molar-refractivity contribution in [2.45, 2.75) is 18.9 Å². The van der Waals surface area contributed by atoms with E-state index >= 15 is 0 Å². The molecule has 1 atom stereocenters. The lowest BCUT2D eigenvalue weighted by molar-refractivity contribution is -0.140. The molecule has 1 heterocycles. The van der Waals surface area contributed by atoms with Crippen LogP contribution in [0.25, 0.3) is 0 Å². The van der Waals surface area contributed by atoms with Gasteiger partial charge in [-0.25, -0.2) is 4.79 Å². The predicted octanol–water partition coefficient (Wildman–Crippen LogP) is -0.0471. The summed E-state index contributed by atoms with van der Waals surface area (Å²) in [7, 11) is 0. The Kier molecular flexibility index (Phi) is 2.30. The Labute approximate surface area is 63.9 Å². The summed E-state index contributed by atoms with van der Waals surface area (Å²) >= 11 is 0. The third-order valence-corrected chi connectivity index (χ3v) is 1.78. The average Bonchev–Trinajstić information content (AvgIpc) is 2.36. The van der Waals surface area contributed by atoms with Gasteiger partial charge in [0, 0.05) is 6.54 Å². The van der Waals surface area contributed by atoms with Gasteiger partial charge in [0.15, 0.2) is 0 Å². The summed E-state index contributed by atoms with van der Waals surface area (Å²) in [5.74, 6) is -0.859. The number of carboxylic acids is 1. The second kappa shape index (κ2) is 3.23. The molecule has 1 aliphatic rings. The van der Waals surface area contributed by atoms with Crippen molar-refractivity contribution in [3.8, 4) is 0 Å². The molecule has 1 aliphatic heterocycles. The van der Waals surface area contributed by atoms with Gasteiger partial charge >= 0.3 is 5.97 Å². The third-order valence-electron chi connectivity index (χ3n) is 1.78. The second-order valence-electron chi connectivity index (χ2n) is 2.47. The van der Waals surface area contributed by atoms with E-state index in [4.69, 9.17) is 10.3 Å². The van der Waals surface area contributed by atoms with Crippen LogP contribution in [0.4, 0.5) is 0 Å². The Hall–Kier alpha value is -1.26. The molecule has 62 valence electrons. The Morgan fingerprint density at radius 1 is 1.73 bits per heavy atom. The molecule has 0 aromatic carbocycles. The molecule has 0 bridgehead atoms. The first-order valence-electron chi connectivity index (χ1n) is 3.42. The molecule has 11 heavy (non-hydrogen) atoms. The van der Waals surface area contributed by atoms with Crippen LogP contribution in [0.2, 0.25) is 0 Å². The maximum Gasteiger partial charge on any atom is 0.326 e. The second-order valence-corrected chi connectivity index (χ2v) is 2.47. The first kappa shape index (κ1) is 7.84. The van der Waals surface area contributed by atoms with E-state index in [-0.39, 0.29) is 0 Å². The number of rotatable bonds is 2. The molecule has 0 aliphatic carbocycles. The Morgan fingerprint density at radius 2 is 2.45 bits per heavy atom. The van der Waals surface area contributed by atoms with Gasteiger partial charge < -0.3 is 15.2 Å². The van der Waals surface area contributed by atoms with Crippen molar-refractivity contribution in [2.24, 2.45) is 5.16 Å². The molecule has 1 rings (SSSR count). The van der Waals surface area contributed by atoms with E-state index in [0.717, 1.165) is 12.8 Å². The van der Waals surface area contributed by atoms with Crippen LogP contribution in [0.3, 0.4) is 0 Å². The van der Waals surface area contributed by atoms with Crippen molar-refractivity contribution in [1.82, 2.24) is 4.90 Å². The normalized spacial score (nSPS) is 24.7. The van der Waals surface area contributed by atoms with Crippen molar-refractivity contribution >= 4 is 12.3 Å². The predicted molar refractivity (Wildman–Crippen MR) is 37.6 cm³/mol. The molecular formula is C6H10N2O3. The highest BCUT2D eigenvalue weighted by molar-refractivity contribution is 5.77. The van der Waals surface area contributed by atoms with Crippen LogP contribution in [0.5, 0.6) is 0 Å². The monoisotopic (exact) mass is 158 g/mol. The zero-order valence-corrected chi connectivity index (χ0v) is 5.97. The largest absolute Gasteiger partial charge is 0.480 e.